The number of hydrogen-bond acceptors (Lipinski definition) is 5. The summed E-state index contributed by atoms with van der Waals surface area (Å²) in [7, 11) is -3.81. The zero-order chi connectivity index (χ0) is 24.4. The second-order valence-electron chi connectivity index (χ2n) is 7.56. The van der Waals surface area contributed by atoms with Crippen LogP contribution in [0.3, 0.4) is 0 Å². The minimum atomic E-state index is -3.81. The molecule has 33 heavy (non-hydrogen) atoms. The quantitative estimate of drug-likeness (QED) is 0.509. The first-order valence-electron chi connectivity index (χ1n) is 11.0. The molecule has 0 radical (unpaired) electrons. The number of nitrogens with one attached hydrogen (secondary N) is 1. The Hall–Kier alpha value is -3.07. The topological polar surface area (TPSA) is 96.0 Å². The van der Waals surface area contributed by atoms with E-state index in [0.29, 0.717) is 25.3 Å². The Labute approximate surface area is 196 Å². The molecule has 0 aliphatic carbocycles. The van der Waals surface area contributed by atoms with Crippen molar-refractivity contribution in [1.82, 2.24) is 10.2 Å². The Morgan fingerprint density at radius 3 is 2.27 bits per heavy atom. The minimum absolute atomic E-state index is 0.270. The van der Waals surface area contributed by atoms with E-state index in [-0.39, 0.29) is 18.1 Å². The van der Waals surface area contributed by atoms with Crippen LogP contribution in [0.2, 0.25) is 0 Å². The summed E-state index contributed by atoms with van der Waals surface area (Å²) in [6.45, 7) is 5.85. The number of anilines is 1. The molecule has 0 aliphatic rings. The number of hydrogen-bond donors (Lipinski definition) is 1. The second-order valence-corrected chi connectivity index (χ2v) is 9.47. The van der Waals surface area contributed by atoms with E-state index in [2.05, 4.69) is 5.32 Å². The highest BCUT2D eigenvalue weighted by Crippen LogP contribution is 2.30. The van der Waals surface area contributed by atoms with Crippen LogP contribution in [0.4, 0.5) is 5.69 Å². The van der Waals surface area contributed by atoms with Crippen molar-refractivity contribution in [2.24, 2.45) is 0 Å². The summed E-state index contributed by atoms with van der Waals surface area (Å²) in [6, 6.07) is 15.5. The summed E-state index contributed by atoms with van der Waals surface area (Å²) < 4.78 is 31.9. The number of carbonyl (C=O) groups is 2. The highest BCUT2D eigenvalue weighted by Gasteiger charge is 2.30. The van der Waals surface area contributed by atoms with Crippen LogP contribution in [-0.4, -0.2) is 63.7 Å². The lowest BCUT2D eigenvalue weighted by Crippen LogP contribution is -2.52. The molecular weight excluding hydrogens is 442 g/mol. The first kappa shape index (κ1) is 26.2. The van der Waals surface area contributed by atoms with Crippen molar-refractivity contribution < 1.29 is 22.7 Å². The maximum atomic E-state index is 13.4. The van der Waals surface area contributed by atoms with E-state index in [9.17, 15) is 18.0 Å². The van der Waals surface area contributed by atoms with Crippen molar-refractivity contribution >= 4 is 27.5 Å². The molecule has 0 saturated carbocycles. The van der Waals surface area contributed by atoms with Crippen molar-refractivity contribution in [3.05, 3.63) is 60.2 Å². The second kappa shape index (κ2) is 12.2. The maximum absolute atomic E-state index is 13.4. The number of nitrogens with zero attached hydrogens (tertiary/aromatic N) is 2. The Balaban J connectivity index is 2.34. The number of carbonyl (C=O) groups excluding carboxylic acids is 2. The van der Waals surface area contributed by atoms with Crippen LogP contribution in [0.15, 0.2) is 54.6 Å². The number of para-hydroxylation sites is 2. The maximum Gasteiger partial charge on any atom is 0.244 e. The average Bonchev–Trinajstić information content (AvgIpc) is 2.78. The zero-order valence-corrected chi connectivity index (χ0v) is 20.5. The van der Waals surface area contributed by atoms with Crippen molar-refractivity contribution in [1.29, 1.82) is 0 Å². The Bertz CT molecular complexity index is 1030. The normalized spacial score (nSPS) is 12.0. The molecule has 0 heterocycles. The van der Waals surface area contributed by atoms with E-state index in [1.165, 1.54) is 4.90 Å². The van der Waals surface area contributed by atoms with Gasteiger partial charge in [-0.3, -0.25) is 13.9 Å². The Kier molecular flexibility index (Phi) is 9.72. The van der Waals surface area contributed by atoms with Crippen LogP contribution >= 0.6 is 0 Å². The number of benzene rings is 2. The van der Waals surface area contributed by atoms with E-state index in [1.807, 2.05) is 30.3 Å². The minimum Gasteiger partial charge on any atom is -0.492 e. The van der Waals surface area contributed by atoms with Gasteiger partial charge >= 0.3 is 0 Å². The fourth-order valence-electron chi connectivity index (χ4n) is 3.43. The molecule has 2 amide bonds. The Morgan fingerprint density at radius 2 is 1.67 bits per heavy atom. The van der Waals surface area contributed by atoms with Gasteiger partial charge in [0.05, 0.1) is 18.6 Å². The van der Waals surface area contributed by atoms with Crippen LogP contribution in [-0.2, 0) is 26.0 Å². The summed E-state index contributed by atoms with van der Waals surface area (Å²) in [5.74, 6) is -0.397. The SMILES string of the molecule is CCNC(=O)[C@H](C)N(CCc1ccccc1)C(=O)CN(c1ccccc1OCC)S(C)(=O)=O. The van der Waals surface area contributed by atoms with E-state index < -0.39 is 28.5 Å². The van der Waals surface area contributed by atoms with Crippen LogP contribution in [0, 0.1) is 0 Å². The third-order valence-electron chi connectivity index (χ3n) is 5.12. The fraction of sp³-hybridized carbons (Fsp3) is 0.417. The lowest BCUT2D eigenvalue weighted by atomic mass is 10.1. The van der Waals surface area contributed by atoms with Gasteiger partial charge in [0.2, 0.25) is 21.8 Å². The molecule has 1 N–H and O–H groups in total. The third-order valence-corrected chi connectivity index (χ3v) is 6.24. The molecule has 0 aliphatic heterocycles. The molecule has 0 saturated heterocycles. The highest BCUT2D eigenvalue weighted by molar-refractivity contribution is 7.92. The van der Waals surface area contributed by atoms with Crippen LogP contribution in [0.1, 0.15) is 26.3 Å². The molecule has 0 fully saturated rings. The van der Waals surface area contributed by atoms with Gasteiger partial charge in [0, 0.05) is 13.1 Å². The summed E-state index contributed by atoms with van der Waals surface area (Å²) >= 11 is 0. The number of amides is 2. The molecule has 0 aromatic heterocycles. The summed E-state index contributed by atoms with van der Waals surface area (Å²) in [4.78, 5) is 27.4. The molecule has 9 heteroatoms. The molecule has 2 aromatic rings. The van der Waals surface area contributed by atoms with Crippen LogP contribution in [0.5, 0.6) is 5.75 Å². The van der Waals surface area contributed by atoms with E-state index >= 15 is 0 Å². The van der Waals surface area contributed by atoms with Gasteiger partial charge in [0.15, 0.2) is 0 Å². The molecule has 180 valence electrons. The summed E-state index contributed by atoms with van der Waals surface area (Å²) in [5.41, 5.74) is 1.30. The smallest absolute Gasteiger partial charge is 0.244 e. The molecule has 0 bridgehead atoms. The Morgan fingerprint density at radius 1 is 1.03 bits per heavy atom. The van der Waals surface area contributed by atoms with Gasteiger partial charge in [0.25, 0.3) is 0 Å². The average molecular weight is 476 g/mol. The zero-order valence-electron chi connectivity index (χ0n) is 19.7. The third kappa shape index (κ3) is 7.49. The predicted octanol–water partition coefficient (Wildman–Crippen LogP) is 2.45. The molecule has 2 rings (SSSR count). The number of rotatable bonds is 12. The predicted molar refractivity (Wildman–Crippen MR) is 130 cm³/mol. The summed E-state index contributed by atoms with van der Waals surface area (Å²) in [6.07, 6.45) is 1.58. The van der Waals surface area contributed by atoms with Gasteiger partial charge in [-0.05, 0) is 44.9 Å². The van der Waals surface area contributed by atoms with Crippen molar-refractivity contribution in [2.75, 3.05) is 36.8 Å². The molecular formula is C24H33N3O5S. The number of likely N-dealkylation sites (N-methyl/N-ethyl adjacent to an activating group) is 1. The molecule has 1 atom stereocenters. The van der Waals surface area contributed by atoms with Gasteiger partial charge in [-0.2, -0.15) is 0 Å². The lowest BCUT2D eigenvalue weighted by molar-refractivity contribution is -0.138. The largest absolute Gasteiger partial charge is 0.492 e. The van der Waals surface area contributed by atoms with Gasteiger partial charge < -0.3 is 15.0 Å². The van der Waals surface area contributed by atoms with Crippen LogP contribution < -0.4 is 14.4 Å². The van der Waals surface area contributed by atoms with E-state index in [0.717, 1.165) is 16.1 Å². The molecule has 0 spiro atoms. The fourth-order valence-corrected chi connectivity index (χ4v) is 4.28. The van der Waals surface area contributed by atoms with E-state index in [1.54, 1.807) is 45.0 Å². The van der Waals surface area contributed by atoms with Gasteiger partial charge in [0.1, 0.15) is 18.3 Å². The standard InChI is InChI=1S/C24H33N3O5S/c1-5-25-24(29)19(3)26(17-16-20-12-8-7-9-13-20)23(28)18-27(33(4,30)31)21-14-10-11-15-22(21)32-6-2/h7-15,19H,5-6,16-18H2,1-4H3,(H,25,29)/t19-/m0/s1. The first-order chi connectivity index (χ1) is 15.7. The molecule has 8 nitrogen and oxygen atoms in total. The first-order valence-corrected chi connectivity index (χ1v) is 12.8. The monoisotopic (exact) mass is 475 g/mol. The van der Waals surface area contributed by atoms with Crippen molar-refractivity contribution in [2.45, 2.75) is 33.2 Å². The lowest BCUT2D eigenvalue weighted by Gasteiger charge is -2.31. The van der Waals surface area contributed by atoms with Gasteiger partial charge in [-0.1, -0.05) is 42.5 Å². The van der Waals surface area contributed by atoms with Gasteiger partial charge in [-0.15, -0.1) is 0 Å². The van der Waals surface area contributed by atoms with Crippen molar-refractivity contribution in [3.63, 3.8) is 0 Å². The number of sulfonamides is 1. The van der Waals surface area contributed by atoms with Crippen LogP contribution in [0.25, 0.3) is 0 Å². The number of ether oxygens (including phenoxy) is 1. The highest BCUT2D eigenvalue weighted by atomic mass is 32.2. The summed E-state index contributed by atoms with van der Waals surface area (Å²) in [5, 5.41) is 2.74. The van der Waals surface area contributed by atoms with Gasteiger partial charge in [-0.25, -0.2) is 8.42 Å². The molecule has 0 unspecified atom stereocenters. The molecule has 2 aromatic carbocycles. The van der Waals surface area contributed by atoms with E-state index in [4.69, 9.17) is 4.74 Å². The van der Waals surface area contributed by atoms with Crippen molar-refractivity contribution in [3.8, 4) is 5.75 Å².